The number of pyridine rings is 1. The Morgan fingerprint density at radius 3 is 2.42 bits per heavy atom. The Labute approximate surface area is 107 Å². The average molecular weight is 268 g/mol. The lowest BCUT2D eigenvalue weighted by atomic mass is 10.0. The van der Waals surface area contributed by atoms with Gasteiger partial charge in [-0.1, -0.05) is 0 Å². The average Bonchev–Trinajstić information content (AvgIpc) is 2.38. The van der Waals surface area contributed by atoms with E-state index in [2.05, 4.69) is 4.98 Å². The second-order valence-corrected chi connectivity index (χ2v) is 4.09. The number of nitrogens with two attached hydrogens (primary N) is 1. The first kappa shape index (κ1) is 13.4. The molecule has 0 saturated carbocycles. The van der Waals surface area contributed by atoms with Crippen molar-refractivity contribution >= 4 is 5.69 Å². The predicted molar refractivity (Wildman–Crippen MR) is 63.6 cm³/mol. The summed E-state index contributed by atoms with van der Waals surface area (Å²) in [6, 6.07) is 3.07. The van der Waals surface area contributed by atoms with Gasteiger partial charge in [-0.05, 0) is 29.3 Å². The molecule has 1 aromatic carbocycles. The fourth-order valence-electron chi connectivity index (χ4n) is 1.70. The highest BCUT2D eigenvalue weighted by molar-refractivity contribution is 5.45. The Balaban J connectivity index is 2.26. The summed E-state index contributed by atoms with van der Waals surface area (Å²) in [5, 5.41) is 9.90. The number of hydrogen-bond donors (Lipinski definition) is 2. The summed E-state index contributed by atoms with van der Waals surface area (Å²) in [7, 11) is 0. The number of hydrogen-bond acceptors (Lipinski definition) is 3. The van der Waals surface area contributed by atoms with Gasteiger partial charge >= 0.3 is 0 Å². The normalized spacial score (nSPS) is 12.4. The fourth-order valence-corrected chi connectivity index (χ4v) is 1.70. The van der Waals surface area contributed by atoms with Crippen LogP contribution in [0.5, 0.6) is 0 Å². The third-order valence-electron chi connectivity index (χ3n) is 2.75. The van der Waals surface area contributed by atoms with E-state index in [1.165, 1.54) is 12.4 Å². The number of halogens is 3. The summed E-state index contributed by atoms with van der Waals surface area (Å²) in [5.74, 6) is -4.24. The van der Waals surface area contributed by atoms with E-state index in [1.54, 1.807) is 6.07 Å². The van der Waals surface area contributed by atoms with Crippen LogP contribution in [-0.2, 0) is 6.42 Å². The molecular weight excluding hydrogens is 257 g/mol. The van der Waals surface area contributed by atoms with Gasteiger partial charge in [0.2, 0.25) is 0 Å². The summed E-state index contributed by atoms with van der Waals surface area (Å²) in [5.41, 5.74) is 6.57. The number of aromatic nitrogens is 1. The maximum atomic E-state index is 13.1. The summed E-state index contributed by atoms with van der Waals surface area (Å²) < 4.78 is 38.9. The molecule has 2 aromatic rings. The molecule has 1 unspecified atom stereocenters. The van der Waals surface area contributed by atoms with Crippen molar-refractivity contribution in [2.24, 2.45) is 0 Å². The third kappa shape index (κ3) is 2.85. The molecule has 0 amide bonds. The lowest BCUT2D eigenvalue weighted by Gasteiger charge is -2.13. The molecule has 0 aliphatic heterocycles. The summed E-state index contributed by atoms with van der Waals surface area (Å²) in [6.45, 7) is 0. The highest BCUT2D eigenvalue weighted by atomic mass is 19.2. The van der Waals surface area contributed by atoms with Crippen LogP contribution in [0.2, 0.25) is 0 Å². The molecule has 1 aromatic heterocycles. The van der Waals surface area contributed by atoms with Gasteiger partial charge in [0.05, 0.1) is 6.10 Å². The number of nitrogen functional groups attached to an aromatic ring is 1. The van der Waals surface area contributed by atoms with Crippen molar-refractivity contribution in [2.75, 3.05) is 5.73 Å². The van der Waals surface area contributed by atoms with Crippen molar-refractivity contribution < 1.29 is 18.3 Å². The van der Waals surface area contributed by atoms with E-state index in [1.807, 2.05) is 0 Å². The van der Waals surface area contributed by atoms with Crippen molar-refractivity contribution in [3.63, 3.8) is 0 Å². The molecule has 0 bridgehead atoms. The van der Waals surface area contributed by atoms with Crippen LogP contribution in [-0.4, -0.2) is 10.1 Å². The van der Waals surface area contributed by atoms with Gasteiger partial charge in [-0.3, -0.25) is 4.98 Å². The number of nitrogens with zero attached hydrogens (tertiary/aromatic N) is 1. The third-order valence-corrected chi connectivity index (χ3v) is 2.75. The van der Waals surface area contributed by atoms with Gasteiger partial charge in [-0.2, -0.15) is 0 Å². The van der Waals surface area contributed by atoms with E-state index >= 15 is 0 Å². The van der Waals surface area contributed by atoms with Crippen molar-refractivity contribution in [3.8, 4) is 0 Å². The molecule has 1 heterocycles. The molecule has 0 aliphatic rings. The van der Waals surface area contributed by atoms with Gasteiger partial charge in [-0.25, -0.2) is 13.2 Å². The summed E-state index contributed by atoms with van der Waals surface area (Å²) in [4.78, 5) is 3.84. The van der Waals surface area contributed by atoms with E-state index in [-0.39, 0.29) is 12.0 Å². The number of aliphatic hydroxyl groups excluding tert-OH is 1. The Morgan fingerprint density at radius 2 is 1.84 bits per heavy atom. The molecule has 19 heavy (non-hydrogen) atoms. The monoisotopic (exact) mass is 268 g/mol. The number of aliphatic hydroxyl groups is 1. The minimum Gasteiger partial charge on any atom is -0.398 e. The SMILES string of the molecule is Nc1ccncc1CC(O)c1cc(F)c(F)c(F)c1. The standard InChI is InChI=1S/C13H11F3N2O/c14-9-3-7(4-10(15)13(9)16)12(19)5-8-6-18-2-1-11(8)17/h1-4,6,12,19H,5H2,(H2,17,18). The quantitative estimate of drug-likeness (QED) is 0.840. The van der Waals surface area contributed by atoms with Crippen LogP contribution in [0.25, 0.3) is 0 Å². The maximum Gasteiger partial charge on any atom is 0.194 e. The molecule has 3 nitrogen and oxygen atoms in total. The van der Waals surface area contributed by atoms with Crippen molar-refractivity contribution in [2.45, 2.75) is 12.5 Å². The minimum absolute atomic E-state index is 0.0319. The van der Waals surface area contributed by atoms with E-state index in [9.17, 15) is 18.3 Å². The fraction of sp³-hybridized carbons (Fsp3) is 0.154. The molecule has 100 valence electrons. The van der Waals surface area contributed by atoms with Gasteiger partial charge < -0.3 is 10.8 Å². The maximum absolute atomic E-state index is 13.1. The first-order valence-corrected chi connectivity index (χ1v) is 5.50. The highest BCUT2D eigenvalue weighted by Gasteiger charge is 2.16. The smallest absolute Gasteiger partial charge is 0.194 e. The first-order chi connectivity index (χ1) is 8.99. The number of rotatable bonds is 3. The van der Waals surface area contributed by atoms with Crippen molar-refractivity contribution in [3.05, 3.63) is 59.2 Å². The molecule has 1 atom stereocenters. The Kier molecular flexibility index (Phi) is 3.71. The van der Waals surface area contributed by atoms with Gasteiger partial charge in [-0.15, -0.1) is 0 Å². The molecule has 0 saturated heterocycles. The van der Waals surface area contributed by atoms with Gasteiger partial charge in [0, 0.05) is 24.5 Å². The first-order valence-electron chi connectivity index (χ1n) is 5.50. The van der Waals surface area contributed by atoms with E-state index in [4.69, 9.17) is 5.73 Å². The molecule has 6 heteroatoms. The molecular formula is C13H11F3N2O. The van der Waals surface area contributed by atoms with Gasteiger partial charge in [0.25, 0.3) is 0 Å². The van der Waals surface area contributed by atoms with Crippen LogP contribution in [0, 0.1) is 17.5 Å². The highest BCUT2D eigenvalue weighted by Crippen LogP contribution is 2.24. The molecule has 2 rings (SSSR count). The van der Waals surface area contributed by atoms with Crippen LogP contribution < -0.4 is 5.73 Å². The van der Waals surface area contributed by atoms with Crippen LogP contribution in [0.1, 0.15) is 17.2 Å². The Bertz CT molecular complexity index is 581. The Morgan fingerprint density at radius 1 is 1.21 bits per heavy atom. The van der Waals surface area contributed by atoms with Crippen LogP contribution in [0.3, 0.4) is 0 Å². The van der Waals surface area contributed by atoms with E-state index in [0.29, 0.717) is 11.3 Å². The zero-order valence-corrected chi connectivity index (χ0v) is 9.78. The summed E-state index contributed by atoms with van der Waals surface area (Å²) in [6.07, 6.45) is 1.78. The summed E-state index contributed by atoms with van der Waals surface area (Å²) >= 11 is 0. The van der Waals surface area contributed by atoms with Crippen LogP contribution >= 0.6 is 0 Å². The second kappa shape index (κ2) is 5.27. The van der Waals surface area contributed by atoms with Crippen molar-refractivity contribution in [1.82, 2.24) is 4.98 Å². The van der Waals surface area contributed by atoms with Gasteiger partial charge in [0.1, 0.15) is 0 Å². The minimum atomic E-state index is -1.56. The van der Waals surface area contributed by atoms with Crippen LogP contribution in [0.4, 0.5) is 18.9 Å². The van der Waals surface area contributed by atoms with E-state index in [0.717, 1.165) is 12.1 Å². The molecule has 3 N–H and O–H groups in total. The number of benzene rings is 1. The molecule has 0 fully saturated rings. The largest absolute Gasteiger partial charge is 0.398 e. The predicted octanol–water partition coefficient (Wildman–Crippen LogP) is 2.36. The number of anilines is 1. The lowest BCUT2D eigenvalue weighted by molar-refractivity contribution is 0.177. The Hall–Kier alpha value is -2.08. The molecule has 0 radical (unpaired) electrons. The zero-order chi connectivity index (χ0) is 14.0. The van der Waals surface area contributed by atoms with E-state index < -0.39 is 23.6 Å². The van der Waals surface area contributed by atoms with Crippen molar-refractivity contribution in [1.29, 1.82) is 0 Å². The zero-order valence-electron chi connectivity index (χ0n) is 9.78. The topological polar surface area (TPSA) is 59.1 Å². The van der Waals surface area contributed by atoms with Crippen LogP contribution in [0.15, 0.2) is 30.6 Å². The second-order valence-electron chi connectivity index (χ2n) is 4.09. The molecule has 0 aliphatic carbocycles. The van der Waals surface area contributed by atoms with Gasteiger partial charge in [0.15, 0.2) is 17.5 Å². The lowest BCUT2D eigenvalue weighted by Crippen LogP contribution is -2.06. The molecule has 0 spiro atoms.